The van der Waals surface area contributed by atoms with Gasteiger partial charge in [0.1, 0.15) is 0 Å². The van der Waals surface area contributed by atoms with E-state index < -0.39 is 0 Å². The van der Waals surface area contributed by atoms with Gasteiger partial charge in [0.15, 0.2) is 0 Å². The Balaban J connectivity index is 1.76. The van der Waals surface area contributed by atoms with Crippen LogP contribution in [0.3, 0.4) is 0 Å². The molecule has 2 heterocycles. The molecule has 2 aromatic rings. The zero-order valence-corrected chi connectivity index (χ0v) is 14.2. The number of benzene rings is 2. The van der Waals surface area contributed by atoms with Gasteiger partial charge in [0, 0.05) is 18.8 Å². The van der Waals surface area contributed by atoms with E-state index in [1.807, 2.05) is 0 Å². The molecule has 0 amide bonds. The molecular formula is C21H26N2. The number of fused-ring (bicyclic) bond motifs is 5. The first-order valence-electron chi connectivity index (χ1n) is 8.79. The molecule has 2 aliphatic heterocycles. The van der Waals surface area contributed by atoms with Gasteiger partial charge in [-0.15, -0.1) is 0 Å². The zero-order valence-electron chi connectivity index (χ0n) is 14.2. The zero-order chi connectivity index (χ0) is 15.8. The van der Waals surface area contributed by atoms with E-state index in [-0.39, 0.29) is 0 Å². The van der Waals surface area contributed by atoms with Crippen LogP contribution in [0.25, 0.3) is 0 Å². The highest BCUT2D eigenvalue weighted by Crippen LogP contribution is 2.43. The Morgan fingerprint density at radius 1 is 1.00 bits per heavy atom. The molecule has 2 unspecified atom stereocenters. The monoisotopic (exact) mass is 306 g/mol. The molecule has 4 rings (SSSR count). The Kier molecular flexibility index (Phi) is 3.86. The van der Waals surface area contributed by atoms with Gasteiger partial charge in [-0.2, -0.15) is 0 Å². The van der Waals surface area contributed by atoms with Crippen LogP contribution in [0.1, 0.15) is 35.6 Å². The van der Waals surface area contributed by atoms with Crippen molar-refractivity contribution >= 4 is 5.69 Å². The summed E-state index contributed by atoms with van der Waals surface area (Å²) in [6.45, 7) is 2.38. The van der Waals surface area contributed by atoms with E-state index >= 15 is 0 Å². The second-order valence-electron chi connectivity index (χ2n) is 7.37. The number of nitrogens with zero attached hydrogens (tertiary/aromatic N) is 2. The Labute approximate surface area is 139 Å². The molecule has 1 saturated heterocycles. The van der Waals surface area contributed by atoms with E-state index in [0.717, 1.165) is 12.3 Å². The lowest BCUT2D eigenvalue weighted by Gasteiger charge is -2.42. The molecule has 120 valence electrons. The second kappa shape index (κ2) is 6.01. The van der Waals surface area contributed by atoms with Gasteiger partial charge in [-0.3, -0.25) is 0 Å². The third-order valence-electron chi connectivity index (χ3n) is 5.43. The van der Waals surface area contributed by atoms with Crippen molar-refractivity contribution in [1.82, 2.24) is 4.90 Å². The van der Waals surface area contributed by atoms with Crippen LogP contribution in [0.4, 0.5) is 5.69 Å². The van der Waals surface area contributed by atoms with Gasteiger partial charge in [0.25, 0.3) is 0 Å². The van der Waals surface area contributed by atoms with Gasteiger partial charge in [-0.25, -0.2) is 0 Å². The third-order valence-corrected chi connectivity index (χ3v) is 5.43. The molecule has 23 heavy (non-hydrogen) atoms. The van der Waals surface area contributed by atoms with Crippen LogP contribution >= 0.6 is 0 Å². The molecule has 1 fully saturated rings. The second-order valence-corrected chi connectivity index (χ2v) is 7.37. The predicted molar refractivity (Wildman–Crippen MR) is 97.1 cm³/mol. The molecule has 2 aliphatic rings. The van der Waals surface area contributed by atoms with E-state index in [1.165, 1.54) is 42.7 Å². The molecule has 2 heteroatoms. The normalized spacial score (nSPS) is 23.0. The minimum atomic E-state index is 0.536. The minimum Gasteiger partial charge on any atom is -0.364 e. The van der Waals surface area contributed by atoms with Gasteiger partial charge >= 0.3 is 0 Å². The highest BCUT2D eigenvalue weighted by atomic mass is 15.2. The number of hydrogen-bond acceptors (Lipinski definition) is 2. The van der Waals surface area contributed by atoms with Gasteiger partial charge in [0.2, 0.25) is 0 Å². The van der Waals surface area contributed by atoms with Crippen molar-refractivity contribution in [2.75, 3.05) is 32.1 Å². The van der Waals surface area contributed by atoms with Crippen molar-refractivity contribution in [3.63, 3.8) is 0 Å². The van der Waals surface area contributed by atoms with Crippen LogP contribution in [0, 0.1) is 5.92 Å². The lowest BCUT2D eigenvalue weighted by molar-refractivity contribution is 0.259. The number of para-hydroxylation sites is 1. The summed E-state index contributed by atoms with van der Waals surface area (Å²) >= 11 is 0. The molecule has 0 aliphatic carbocycles. The molecule has 2 aromatic carbocycles. The highest BCUT2D eigenvalue weighted by molar-refractivity contribution is 5.60. The minimum absolute atomic E-state index is 0.536. The fourth-order valence-electron chi connectivity index (χ4n) is 4.47. The van der Waals surface area contributed by atoms with Crippen molar-refractivity contribution in [1.29, 1.82) is 0 Å². The summed E-state index contributed by atoms with van der Waals surface area (Å²) in [5.74, 6) is 0.796. The summed E-state index contributed by atoms with van der Waals surface area (Å²) in [7, 11) is 4.39. The molecule has 0 aromatic heterocycles. The van der Waals surface area contributed by atoms with Crippen molar-refractivity contribution in [3.05, 3.63) is 65.2 Å². The van der Waals surface area contributed by atoms with Gasteiger partial charge in [-0.1, -0.05) is 42.5 Å². The van der Waals surface area contributed by atoms with Gasteiger partial charge < -0.3 is 9.80 Å². The van der Waals surface area contributed by atoms with E-state index in [9.17, 15) is 0 Å². The Morgan fingerprint density at radius 3 is 2.57 bits per heavy atom. The predicted octanol–water partition coefficient (Wildman–Crippen LogP) is 4.11. The first-order chi connectivity index (χ1) is 11.2. The lowest BCUT2D eigenvalue weighted by atomic mass is 9.85. The van der Waals surface area contributed by atoms with Gasteiger partial charge in [0.05, 0.1) is 6.04 Å². The summed E-state index contributed by atoms with van der Waals surface area (Å²) in [4.78, 5) is 5.02. The first kappa shape index (κ1) is 14.8. The average Bonchev–Trinajstić information content (AvgIpc) is 2.69. The Bertz CT molecular complexity index is 692. The molecule has 2 atom stereocenters. The third kappa shape index (κ3) is 2.76. The quantitative estimate of drug-likeness (QED) is 0.824. The summed E-state index contributed by atoms with van der Waals surface area (Å²) < 4.78 is 0. The van der Waals surface area contributed by atoms with E-state index in [1.54, 1.807) is 5.56 Å². The van der Waals surface area contributed by atoms with E-state index in [0.29, 0.717) is 6.04 Å². The summed E-state index contributed by atoms with van der Waals surface area (Å²) in [5.41, 5.74) is 6.00. The maximum atomic E-state index is 2.67. The number of hydrogen-bond donors (Lipinski definition) is 0. The maximum Gasteiger partial charge on any atom is 0.0548 e. The number of anilines is 1. The lowest BCUT2D eigenvalue weighted by Crippen LogP contribution is -2.39. The first-order valence-corrected chi connectivity index (χ1v) is 8.79. The summed E-state index contributed by atoms with van der Waals surface area (Å²) in [6.07, 6.45) is 3.63. The number of piperidine rings is 1. The Morgan fingerprint density at radius 2 is 1.74 bits per heavy atom. The van der Waals surface area contributed by atoms with Crippen molar-refractivity contribution in [2.24, 2.45) is 5.92 Å². The largest absolute Gasteiger partial charge is 0.364 e. The molecule has 0 N–H and O–H groups in total. The molecule has 0 radical (unpaired) electrons. The molecule has 0 bridgehead atoms. The van der Waals surface area contributed by atoms with Crippen LogP contribution in [-0.2, 0) is 6.42 Å². The molecule has 0 spiro atoms. The van der Waals surface area contributed by atoms with Crippen molar-refractivity contribution in [2.45, 2.75) is 25.3 Å². The van der Waals surface area contributed by atoms with Crippen LogP contribution in [0.15, 0.2) is 48.5 Å². The van der Waals surface area contributed by atoms with Crippen LogP contribution in [0.2, 0.25) is 0 Å². The average molecular weight is 306 g/mol. The standard InChI is InChI=1S/C21H26N2/c1-22(2)15-16-11-12-23-20-10-6-4-8-18(20)14-17-7-3-5-9-19(17)21(23)13-16/h3-10,16,21H,11-15H2,1-2H3. The SMILES string of the molecule is CN(C)CC1CCN2c3ccccc3Cc3ccccc3C2C1. The highest BCUT2D eigenvalue weighted by Gasteiger charge is 2.33. The molecular weight excluding hydrogens is 280 g/mol. The fourth-order valence-corrected chi connectivity index (χ4v) is 4.47. The van der Waals surface area contributed by atoms with E-state index in [2.05, 4.69) is 72.4 Å². The fraction of sp³-hybridized carbons (Fsp3) is 0.429. The Hall–Kier alpha value is -1.80. The number of rotatable bonds is 2. The van der Waals surface area contributed by atoms with Crippen LogP contribution in [-0.4, -0.2) is 32.1 Å². The van der Waals surface area contributed by atoms with E-state index in [4.69, 9.17) is 0 Å². The van der Waals surface area contributed by atoms with Crippen LogP contribution in [0.5, 0.6) is 0 Å². The maximum absolute atomic E-state index is 2.67. The summed E-state index contributed by atoms with van der Waals surface area (Å²) in [6, 6.07) is 18.6. The molecule has 2 nitrogen and oxygen atoms in total. The van der Waals surface area contributed by atoms with Gasteiger partial charge in [-0.05, 0) is 62.0 Å². The molecule has 0 saturated carbocycles. The van der Waals surface area contributed by atoms with Crippen molar-refractivity contribution in [3.8, 4) is 0 Å². The topological polar surface area (TPSA) is 6.48 Å². The smallest absolute Gasteiger partial charge is 0.0548 e. The summed E-state index contributed by atoms with van der Waals surface area (Å²) in [5, 5.41) is 0. The van der Waals surface area contributed by atoms with Crippen LogP contribution < -0.4 is 4.90 Å². The van der Waals surface area contributed by atoms with Crippen molar-refractivity contribution < 1.29 is 0 Å².